The number of nitrogens with two attached hydrogens (primary N) is 1. The van der Waals surface area contributed by atoms with E-state index >= 15 is 0 Å². The minimum atomic E-state index is 0.287. The fourth-order valence-corrected chi connectivity index (χ4v) is 2.55. The topological polar surface area (TPSA) is 35.2 Å². The first-order chi connectivity index (χ1) is 8.27. The van der Waals surface area contributed by atoms with Gasteiger partial charge < -0.3 is 10.5 Å². The van der Waals surface area contributed by atoms with Gasteiger partial charge >= 0.3 is 0 Å². The van der Waals surface area contributed by atoms with Gasteiger partial charge in [0.2, 0.25) is 0 Å². The van der Waals surface area contributed by atoms with Gasteiger partial charge in [0.05, 0.1) is 6.61 Å². The Balaban J connectivity index is 1.83. The molecular formula is C15H23NO. The lowest BCUT2D eigenvalue weighted by atomic mass is 9.89. The van der Waals surface area contributed by atoms with Crippen LogP contribution in [-0.4, -0.2) is 19.3 Å². The van der Waals surface area contributed by atoms with E-state index in [-0.39, 0.29) is 6.04 Å². The maximum absolute atomic E-state index is 6.27. The molecule has 1 aromatic rings. The highest BCUT2D eigenvalue weighted by molar-refractivity contribution is 5.25. The number of aryl methyl sites for hydroxylation is 2. The first-order valence-electron chi connectivity index (χ1n) is 6.65. The number of ether oxygens (including phenoxy) is 1. The van der Waals surface area contributed by atoms with Crippen molar-refractivity contribution in [2.75, 3.05) is 13.2 Å². The molecule has 2 rings (SSSR count). The van der Waals surface area contributed by atoms with Gasteiger partial charge in [-0.25, -0.2) is 0 Å². The molecule has 1 fully saturated rings. The van der Waals surface area contributed by atoms with Crippen molar-refractivity contribution in [2.24, 2.45) is 11.7 Å². The average molecular weight is 233 g/mol. The molecule has 0 radical (unpaired) electrons. The number of benzene rings is 1. The number of hydrogen-bond acceptors (Lipinski definition) is 2. The summed E-state index contributed by atoms with van der Waals surface area (Å²) < 4.78 is 5.50. The van der Waals surface area contributed by atoms with Crippen LogP contribution in [-0.2, 0) is 11.2 Å². The molecule has 1 aromatic carbocycles. The third-order valence-electron chi connectivity index (χ3n) is 3.81. The SMILES string of the molecule is Cc1ccccc1CCC(N)C1CCCOC1. The molecule has 1 aliphatic rings. The lowest BCUT2D eigenvalue weighted by Gasteiger charge is -2.27. The molecule has 0 aliphatic carbocycles. The van der Waals surface area contributed by atoms with Crippen molar-refractivity contribution >= 4 is 0 Å². The number of rotatable bonds is 4. The quantitative estimate of drug-likeness (QED) is 0.867. The Morgan fingerprint density at radius 3 is 2.94 bits per heavy atom. The van der Waals surface area contributed by atoms with E-state index in [1.165, 1.54) is 24.0 Å². The van der Waals surface area contributed by atoms with Crippen LogP contribution >= 0.6 is 0 Å². The molecule has 0 bridgehead atoms. The Bertz CT molecular complexity index is 345. The maximum Gasteiger partial charge on any atom is 0.0509 e. The van der Waals surface area contributed by atoms with Gasteiger partial charge in [-0.1, -0.05) is 24.3 Å². The molecule has 2 heteroatoms. The minimum absolute atomic E-state index is 0.287. The predicted molar refractivity (Wildman–Crippen MR) is 71.0 cm³/mol. The predicted octanol–water partition coefficient (Wildman–Crippen LogP) is 2.68. The summed E-state index contributed by atoms with van der Waals surface area (Å²) in [5.41, 5.74) is 9.07. The molecular weight excluding hydrogens is 210 g/mol. The van der Waals surface area contributed by atoms with Gasteiger partial charge in [-0.2, -0.15) is 0 Å². The Kier molecular flexibility index (Phi) is 4.57. The average Bonchev–Trinajstić information content (AvgIpc) is 2.38. The van der Waals surface area contributed by atoms with E-state index in [1.807, 2.05) is 0 Å². The highest BCUT2D eigenvalue weighted by Crippen LogP contribution is 2.20. The van der Waals surface area contributed by atoms with Gasteiger partial charge in [0.1, 0.15) is 0 Å². The molecule has 1 heterocycles. The summed E-state index contributed by atoms with van der Waals surface area (Å²) in [7, 11) is 0. The lowest BCUT2D eigenvalue weighted by molar-refractivity contribution is 0.0439. The Labute approximate surface area is 104 Å². The first kappa shape index (κ1) is 12.6. The van der Waals surface area contributed by atoms with Crippen LogP contribution in [0.15, 0.2) is 24.3 Å². The van der Waals surface area contributed by atoms with Gasteiger partial charge in [-0.05, 0) is 49.7 Å². The zero-order chi connectivity index (χ0) is 12.1. The fraction of sp³-hybridized carbons (Fsp3) is 0.600. The molecule has 0 spiro atoms. The van der Waals surface area contributed by atoms with Crippen LogP contribution in [0.25, 0.3) is 0 Å². The van der Waals surface area contributed by atoms with Gasteiger partial charge in [-0.3, -0.25) is 0 Å². The lowest BCUT2D eigenvalue weighted by Crippen LogP contribution is -2.36. The Morgan fingerprint density at radius 2 is 2.24 bits per heavy atom. The molecule has 0 amide bonds. The van der Waals surface area contributed by atoms with Crippen molar-refractivity contribution in [3.8, 4) is 0 Å². The molecule has 0 saturated carbocycles. The summed E-state index contributed by atoms with van der Waals surface area (Å²) >= 11 is 0. The van der Waals surface area contributed by atoms with Crippen molar-refractivity contribution in [1.29, 1.82) is 0 Å². The zero-order valence-corrected chi connectivity index (χ0v) is 10.7. The Morgan fingerprint density at radius 1 is 1.41 bits per heavy atom. The second kappa shape index (κ2) is 6.18. The van der Waals surface area contributed by atoms with Gasteiger partial charge in [0.15, 0.2) is 0 Å². The molecule has 0 aromatic heterocycles. The summed E-state index contributed by atoms with van der Waals surface area (Å²) in [6.07, 6.45) is 4.56. The van der Waals surface area contributed by atoms with Crippen LogP contribution in [0.4, 0.5) is 0 Å². The van der Waals surface area contributed by atoms with E-state index in [2.05, 4.69) is 31.2 Å². The maximum atomic E-state index is 6.27. The molecule has 94 valence electrons. The van der Waals surface area contributed by atoms with E-state index in [4.69, 9.17) is 10.5 Å². The first-order valence-corrected chi connectivity index (χ1v) is 6.65. The van der Waals surface area contributed by atoms with Crippen LogP contribution in [0.3, 0.4) is 0 Å². The van der Waals surface area contributed by atoms with Gasteiger partial charge in [0, 0.05) is 12.6 Å². The molecule has 2 N–H and O–H groups in total. The second-order valence-corrected chi connectivity index (χ2v) is 5.11. The summed E-state index contributed by atoms with van der Waals surface area (Å²) in [6, 6.07) is 8.87. The molecule has 2 unspecified atom stereocenters. The highest BCUT2D eigenvalue weighted by Gasteiger charge is 2.20. The number of hydrogen-bond donors (Lipinski definition) is 1. The summed E-state index contributed by atoms with van der Waals surface area (Å²) in [5.74, 6) is 0.563. The third-order valence-corrected chi connectivity index (χ3v) is 3.81. The highest BCUT2D eigenvalue weighted by atomic mass is 16.5. The second-order valence-electron chi connectivity index (χ2n) is 5.11. The monoisotopic (exact) mass is 233 g/mol. The largest absolute Gasteiger partial charge is 0.381 e. The smallest absolute Gasteiger partial charge is 0.0509 e. The molecule has 17 heavy (non-hydrogen) atoms. The molecule has 1 saturated heterocycles. The van der Waals surface area contributed by atoms with E-state index in [9.17, 15) is 0 Å². The van der Waals surface area contributed by atoms with E-state index in [0.29, 0.717) is 5.92 Å². The zero-order valence-electron chi connectivity index (χ0n) is 10.7. The molecule has 1 aliphatic heterocycles. The van der Waals surface area contributed by atoms with Gasteiger partial charge in [-0.15, -0.1) is 0 Å². The van der Waals surface area contributed by atoms with Crippen LogP contribution in [0, 0.1) is 12.8 Å². The van der Waals surface area contributed by atoms with E-state index < -0.39 is 0 Å². The van der Waals surface area contributed by atoms with Crippen LogP contribution in [0.2, 0.25) is 0 Å². The summed E-state index contributed by atoms with van der Waals surface area (Å²) in [4.78, 5) is 0. The van der Waals surface area contributed by atoms with Crippen molar-refractivity contribution in [3.63, 3.8) is 0 Å². The van der Waals surface area contributed by atoms with Crippen molar-refractivity contribution in [2.45, 2.75) is 38.6 Å². The van der Waals surface area contributed by atoms with E-state index in [0.717, 1.165) is 26.1 Å². The Hall–Kier alpha value is -0.860. The van der Waals surface area contributed by atoms with Gasteiger partial charge in [0.25, 0.3) is 0 Å². The van der Waals surface area contributed by atoms with Crippen molar-refractivity contribution in [3.05, 3.63) is 35.4 Å². The standard InChI is InChI=1S/C15H23NO/c1-12-5-2-3-6-13(12)8-9-15(16)14-7-4-10-17-11-14/h2-3,5-6,14-15H,4,7-11,16H2,1H3. The van der Waals surface area contributed by atoms with Crippen molar-refractivity contribution in [1.82, 2.24) is 0 Å². The van der Waals surface area contributed by atoms with Crippen LogP contribution in [0.1, 0.15) is 30.4 Å². The summed E-state index contributed by atoms with van der Waals surface area (Å²) in [5, 5.41) is 0. The summed E-state index contributed by atoms with van der Waals surface area (Å²) in [6.45, 7) is 3.94. The van der Waals surface area contributed by atoms with Crippen molar-refractivity contribution < 1.29 is 4.74 Å². The molecule has 2 nitrogen and oxygen atoms in total. The van der Waals surface area contributed by atoms with Crippen LogP contribution in [0.5, 0.6) is 0 Å². The van der Waals surface area contributed by atoms with Crippen LogP contribution < -0.4 is 5.73 Å². The van der Waals surface area contributed by atoms with E-state index in [1.54, 1.807) is 0 Å². The minimum Gasteiger partial charge on any atom is -0.381 e. The third kappa shape index (κ3) is 3.55. The molecule has 2 atom stereocenters. The fourth-order valence-electron chi connectivity index (χ4n) is 2.55. The normalized spacial score (nSPS) is 22.4.